The fourth-order valence-electron chi connectivity index (χ4n) is 3.01. The number of ketones is 2. The molecule has 0 aliphatic carbocycles. The lowest BCUT2D eigenvalue weighted by atomic mass is 9.94. The average molecular weight is 478 g/mol. The molecule has 4 atom stereocenters. The van der Waals surface area contributed by atoms with Crippen molar-refractivity contribution in [3.8, 4) is 0 Å². The molecule has 10 heteroatoms. The van der Waals surface area contributed by atoms with E-state index in [2.05, 4.69) is 13.2 Å². The number of ether oxygens (including phenoxy) is 2. The van der Waals surface area contributed by atoms with Crippen LogP contribution in [0.15, 0.2) is 49.6 Å². The standard InChI is InChI=1S/C24H30O10/c1-5-19(27)23(3,31)11-15(25)13-33-21(29)17-9-7-8-10-18(17)22(30)34-14-16(26)12-24(4,32)20(28)6-2/h5-10,15-16,25-26,31-32H,1-2,11-14H2,3-4H3. The number of carbonyl (C=O) groups is 4. The zero-order valence-electron chi connectivity index (χ0n) is 19.1. The Bertz CT molecular complexity index is 856. The topological polar surface area (TPSA) is 168 Å². The minimum absolute atomic E-state index is 0.183. The number of benzene rings is 1. The first kappa shape index (κ1) is 28.9. The van der Waals surface area contributed by atoms with Crippen LogP contribution in [0.1, 0.15) is 47.4 Å². The van der Waals surface area contributed by atoms with E-state index in [1.807, 2.05) is 0 Å². The highest BCUT2D eigenvalue weighted by Crippen LogP contribution is 2.18. The minimum Gasteiger partial charge on any atom is -0.459 e. The zero-order valence-corrected chi connectivity index (χ0v) is 19.1. The molecule has 4 unspecified atom stereocenters. The minimum atomic E-state index is -1.89. The maximum absolute atomic E-state index is 12.4. The van der Waals surface area contributed by atoms with Crippen molar-refractivity contribution in [1.82, 2.24) is 0 Å². The number of carbonyl (C=O) groups excluding carboxylic acids is 4. The number of hydrogen-bond donors (Lipinski definition) is 4. The molecule has 0 radical (unpaired) electrons. The van der Waals surface area contributed by atoms with Gasteiger partial charge < -0.3 is 29.9 Å². The van der Waals surface area contributed by atoms with Gasteiger partial charge in [0.25, 0.3) is 0 Å². The van der Waals surface area contributed by atoms with Gasteiger partial charge >= 0.3 is 11.9 Å². The molecule has 0 amide bonds. The fourth-order valence-corrected chi connectivity index (χ4v) is 3.01. The average Bonchev–Trinajstić information content (AvgIpc) is 2.79. The zero-order chi connectivity index (χ0) is 26.1. The number of aliphatic hydroxyl groups is 4. The molecule has 1 rings (SSSR count). The Morgan fingerprint density at radius 2 is 1.15 bits per heavy atom. The van der Waals surface area contributed by atoms with Crippen LogP contribution in [0, 0.1) is 0 Å². The second kappa shape index (κ2) is 12.3. The van der Waals surface area contributed by atoms with Gasteiger partial charge in [-0.15, -0.1) is 0 Å². The lowest BCUT2D eigenvalue weighted by Crippen LogP contribution is -2.39. The Hall–Kier alpha value is -3.18. The summed E-state index contributed by atoms with van der Waals surface area (Å²) in [5.74, 6) is -3.35. The monoisotopic (exact) mass is 478 g/mol. The first-order valence-corrected chi connectivity index (χ1v) is 10.3. The Labute approximate surface area is 197 Å². The highest BCUT2D eigenvalue weighted by molar-refractivity contribution is 6.03. The molecule has 10 nitrogen and oxygen atoms in total. The first-order chi connectivity index (χ1) is 15.7. The van der Waals surface area contributed by atoms with Crippen LogP contribution in [0.2, 0.25) is 0 Å². The van der Waals surface area contributed by atoms with Gasteiger partial charge in [-0.3, -0.25) is 9.59 Å². The third-order valence-corrected chi connectivity index (χ3v) is 4.88. The van der Waals surface area contributed by atoms with Crippen molar-refractivity contribution in [2.45, 2.75) is 50.1 Å². The van der Waals surface area contributed by atoms with Crippen molar-refractivity contribution < 1.29 is 49.1 Å². The van der Waals surface area contributed by atoms with Crippen molar-refractivity contribution in [3.05, 3.63) is 60.7 Å². The van der Waals surface area contributed by atoms with Crippen LogP contribution in [-0.2, 0) is 19.1 Å². The molecule has 1 aromatic rings. The molecule has 34 heavy (non-hydrogen) atoms. The van der Waals surface area contributed by atoms with Gasteiger partial charge in [-0.25, -0.2) is 9.59 Å². The van der Waals surface area contributed by atoms with Crippen LogP contribution < -0.4 is 0 Å². The van der Waals surface area contributed by atoms with Gasteiger partial charge in [0.1, 0.15) is 24.4 Å². The smallest absolute Gasteiger partial charge is 0.339 e. The predicted molar refractivity (Wildman–Crippen MR) is 120 cm³/mol. The van der Waals surface area contributed by atoms with Crippen LogP contribution in [0.3, 0.4) is 0 Å². The van der Waals surface area contributed by atoms with Crippen molar-refractivity contribution >= 4 is 23.5 Å². The molecule has 0 saturated carbocycles. The summed E-state index contributed by atoms with van der Waals surface area (Å²) < 4.78 is 9.99. The molecule has 0 aliphatic rings. The summed E-state index contributed by atoms with van der Waals surface area (Å²) in [6, 6.07) is 5.49. The van der Waals surface area contributed by atoms with Gasteiger partial charge in [0.2, 0.25) is 0 Å². The van der Waals surface area contributed by atoms with Crippen LogP contribution in [0.4, 0.5) is 0 Å². The lowest BCUT2D eigenvalue weighted by molar-refractivity contribution is -0.134. The Balaban J connectivity index is 2.76. The highest BCUT2D eigenvalue weighted by Gasteiger charge is 2.32. The first-order valence-electron chi connectivity index (χ1n) is 10.3. The van der Waals surface area contributed by atoms with Gasteiger partial charge in [-0.2, -0.15) is 0 Å². The maximum atomic E-state index is 12.4. The summed E-state index contributed by atoms with van der Waals surface area (Å²) in [6.45, 7) is 7.78. The lowest BCUT2D eigenvalue weighted by Gasteiger charge is -2.23. The van der Waals surface area contributed by atoms with Gasteiger partial charge in [0, 0.05) is 12.8 Å². The van der Waals surface area contributed by atoms with Crippen LogP contribution in [0.5, 0.6) is 0 Å². The van der Waals surface area contributed by atoms with E-state index < -0.39 is 73.0 Å². The summed E-state index contributed by atoms with van der Waals surface area (Å²) in [5.41, 5.74) is -4.15. The SMILES string of the molecule is C=CC(=O)C(C)(O)CC(O)COC(=O)c1ccccc1C(=O)OCC(O)CC(C)(O)C(=O)C=C. The Kier molecular flexibility index (Phi) is 10.5. The van der Waals surface area contributed by atoms with Gasteiger partial charge in [-0.1, -0.05) is 25.3 Å². The summed E-state index contributed by atoms with van der Waals surface area (Å²) in [6.07, 6.45) is -1.74. The third-order valence-electron chi connectivity index (χ3n) is 4.88. The molecule has 0 fully saturated rings. The van der Waals surface area contributed by atoms with Crippen molar-refractivity contribution in [2.75, 3.05) is 13.2 Å². The summed E-state index contributed by atoms with van der Waals surface area (Å²) >= 11 is 0. The number of esters is 2. The van der Waals surface area contributed by atoms with Crippen molar-refractivity contribution in [1.29, 1.82) is 0 Å². The second-order valence-electron chi connectivity index (χ2n) is 8.14. The molecule has 186 valence electrons. The van der Waals surface area contributed by atoms with Gasteiger partial charge in [0.15, 0.2) is 11.6 Å². The molecule has 1 aromatic carbocycles. The van der Waals surface area contributed by atoms with E-state index in [4.69, 9.17) is 9.47 Å². The second-order valence-corrected chi connectivity index (χ2v) is 8.14. The van der Waals surface area contributed by atoms with E-state index in [0.29, 0.717) is 0 Å². The molecule has 0 heterocycles. The molecule has 0 saturated heterocycles. The number of hydrogen-bond acceptors (Lipinski definition) is 10. The quantitative estimate of drug-likeness (QED) is 0.218. The summed E-state index contributed by atoms with van der Waals surface area (Å²) in [4.78, 5) is 48.1. The van der Waals surface area contributed by atoms with E-state index in [1.54, 1.807) is 0 Å². The van der Waals surface area contributed by atoms with Crippen molar-refractivity contribution in [3.63, 3.8) is 0 Å². The molecule has 4 N–H and O–H groups in total. The van der Waals surface area contributed by atoms with E-state index in [0.717, 1.165) is 12.2 Å². The van der Waals surface area contributed by atoms with E-state index in [-0.39, 0.29) is 11.1 Å². The third kappa shape index (κ3) is 8.31. The normalized spacial score (nSPS) is 16.2. The van der Waals surface area contributed by atoms with Crippen LogP contribution in [-0.4, -0.2) is 80.6 Å². The van der Waals surface area contributed by atoms with Crippen LogP contribution >= 0.6 is 0 Å². The molecule has 0 aliphatic heterocycles. The Morgan fingerprint density at radius 3 is 1.44 bits per heavy atom. The number of aliphatic hydroxyl groups excluding tert-OH is 2. The Morgan fingerprint density at radius 1 is 0.824 bits per heavy atom. The summed E-state index contributed by atoms with van der Waals surface area (Å²) in [5, 5.41) is 40.1. The van der Waals surface area contributed by atoms with Gasteiger partial charge in [-0.05, 0) is 38.1 Å². The molecular weight excluding hydrogens is 448 g/mol. The molecular formula is C24H30O10. The molecule has 0 aromatic heterocycles. The van der Waals surface area contributed by atoms with Gasteiger partial charge in [0.05, 0.1) is 23.3 Å². The molecule has 0 bridgehead atoms. The van der Waals surface area contributed by atoms with Crippen LogP contribution in [0.25, 0.3) is 0 Å². The predicted octanol–water partition coefficient (Wildman–Crippen LogP) is 0.514. The molecule has 0 spiro atoms. The summed E-state index contributed by atoms with van der Waals surface area (Å²) in [7, 11) is 0. The largest absolute Gasteiger partial charge is 0.459 e. The van der Waals surface area contributed by atoms with Crippen molar-refractivity contribution in [2.24, 2.45) is 0 Å². The van der Waals surface area contributed by atoms with E-state index in [1.165, 1.54) is 38.1 Å². The van der Waals surface area contributed by atoms with E-state index in [9.17, 15) is 39.6 Å². The fraction of sp³-hybridized carbons (Fsp3) is 0.417. The highest BCUT2D eigenvalue weighted by atomic mass is 16.5. The number of rotatable bonds is 14. The maximum Gasteiger partial charge on any atom is 0.339 e. The van der Waals surface area contributed by atoms with E-state index >= 15 is 0 Å².